The number of nitrogens with two attached hydrogens (primary N) is 1. The number of methoxy groups -OCH3 is 1. The van der Waals surface area contributed by atoms with Crippen LogP contribution < -0.4 is 10.5 Å². The predicted octanol–water partition coefficient (Wildman–Crippen LogP) is 2.96. The average Bonchev–Trinajstić information content (AvgIpc) is 2.74. The van der Waals surface area contributed by atoms with Crippen LogP contribution in [-0.4, -0.2) is 17.6 Å². The highest BCUT2D eigenvalue weighted by Crippen LogP contribution is 2.20. The highest BCUT2D eigenvalue weighted by Gasteiger charge is 2.21. The summed E-state index contributed by atoms with van der Waals surface area (Å²) < 4.78 is 5.16. The minimum absolute atomic E-state index is 0.279. The highest BCUT2D eigenvalue weighted by molar-refractivity contribution is 7.09. The molecular weight excluding hydrogens is 256 g/mol. The molecule has 0 saturated carbocycles. The van der Waals surface area contributed by atoms with E-state index >= 15 is 0 Å². The van der Waals surface area contributed by atoms with Gasteiger partial charge in [-0.05, 0) is 38.0 Å². The van der Waals surface area contributed by atoms with Crippen LogP contribution >= 0.6 is 11.3 Å². The number of aromatic nitrogens is 1. The summed E-state index contributed by atoms with van der Waals surface area (Å²) in [5, 5.41) is 3.18. The average molecular weight is 276 g/mol. The van der Waals surface area contributed by atoms with Crippen molar-refractivity contribution in [1.82, 2.24) is 4.98 Å². The van der Waals surface area contributed by atoms with Gasteiger partial charge in [-0.3, -0.25) is 0 Å². The lowest BCUT2D eigenvalue weighted by molar-refractivity contribution is 0.414. The van der Waals surface area contributed by atoms with Gasteiger partial charge in [0.15, 0.2) is 0 Å². The first kappa shape index (κ1) is 14.0. The molecule has 4 heteroatoms. The Kier molecular flexibility index (Phi) is 4.22. The number of nitrogens with zero attached hydrogens (tertiary/aromatic N) is 1. The molecule has 0 aliphatic rings. The molecule has 102 valence electrons. The summed E-state index contributed by atoms with van der Waals surface area (Å²) in [5.41, 5.74) is 8.41. The van der Waals surface area contributed by atoms with Crippen molar-refractivity contribution >= 4 is 11.3 Å². The van der Waals surface area contributed by atoms with Crippen LogP contribution in [0, 0.1) is 6.92 Å². The van der Waals surface area contributed by atoms with Crippen LogP contribution in [0.2, 0.25) is 0 Å². The molecule has 0 aliphatic carbocycles. The summed E-state index contributed by atoms with van der Waals surface area (Å²) in [5.74, 6) is 0.873. The van der Waals surface area contributed by atoms with Crippen LogP contribution in [0.5, 0.6) is 5.75 Å². The van der Waals surface area contributed by atoms with E-state index in [9.17, 15) is 0 Å². The molecule has 1 heterocycles. The van der Waals surface area contributed by atoms with Gasteiger partial charge in [0.2, 0.25) is 0 Å². The topological polar surface area (TPSA) is 48.1 Å². The lowest BCUT2D eigenvalue weighted by Crippen LogP contribution is -2.40. The summed E-state index contributed by atoms with van der Waals surface area (Å²) in [7, 11) is 1.67. The minimum atomic E-state index is -0.279. The number of benzene rings is 1. The second-order valence-electron chi connectivity index (χ2n) is 5.24. The van der Waals surface area contributed by atoms with Gasteiger partial charge in [0, 0.05) is 23.0 Å². The van der Waals surface area contributed by atoms with Gasteiger partial charge < -0.3 is 10.5 Å². The normalized spacial score (nSPS) is 14.1. The van der Waals surface area contributed by atoms with Crippen molar-refractivity contribution in [2.45, 2.75) is 32.2 Å². The smallest absolute Gasteiger partial charge is 0.118 e. The zero-order valence-electron chi connectivity index (χ0n) is 11.6. The van der Waals surface area contributed by atoms with Gasteiger partial charge in [0.25, 0.3) is 0 Å². The zero-order chi connectivity index (χ0) is 13.9. The van der Waals surface area contributed by atoms with E-state index in [-0.39, 0.29) is 5.54 Å². The van der Waals surface area contributed by atoms with Gasteiger partial charge in [0.05, 0.1) is 12.1 Å². The third-order valence-corrected chi connectivity index (χ3v) is 3.96. The SMILES string of the molecule is COc1ccc(CC(C)(N)Cc2nc(C)cs2)cc1. The fraction of sp³-hybridized carbons (Fsp3) is 0.400. The van der Waals surface area contributed by atoms with Crippen molar-refractivity contribution in [3.8, 4) is 5.75 Å². The van der Waals surface area contributed by atoms with Crippen molar-refractivity contribution in [2.24, 2.45) is 5.73 Å². The predicted molar refractivity (Wildman–Crippen MR) is 79.8 cm³/mol. The van der Waals surface area contributed by atoms with E-state index < -0.39 is 0 Å². The fourth-order valence-corrected chi connectivity index (χ4v) is 3.07. The van der Waals surface area contributed by atoms with E-state index in [0.29, 0.717) is 0 Å². The van der Waals surface area contributed by atoms with Crippen LogP contribution in [0.4, 0.5) is 0 Å². The Morgan fingerprint density at radius 1 is 1.26 bits per heavy atom. The van der Waals surface area contributed by atoms with Crippen LogP contribution in [0.25, 0.3) is 0 Å². The minimum Gasteiger partial charge on any atom is -0.497 e. The third-order valence-electron chi connectivity index (χ3n) is 2.99. The summed E-state index contributed by atoms with van der Waals surface area (Å²) in [6, 6.07) is 8.08. The third kappa shape index (κ3) is 4.04. The van der Waals surface area contributed by atoms with Gasteiger partial charge in [0.1, 0.15) is 5.75 Å². The molecule has 2 rings (SSSR count). The van der Waals surface area contributed by atoms with Crippen molar-refractivity contribution in [3.63, 3.8) is 0 Å². The van der Waals surface area contributed by atoms with Crippen LogP contribution in [0.15, 0.2) is 29.6 Å². The second kappa shape index (κ2) is 5.72. The number of rotatable bonds is 5. The number of hydrogen-bond acceptors (Lipinski definition) is 4. The quantitative estimate of drug-likeness (QED) is 0.913. The van der Waals surface area contributed by atoms with Crippen molar-refractivity contribution in [3.05, 3.63) is 45.9 Å². The first-order valence-corrected chi connectivity index (χ1v) is 7.19. The maximum absolute atomic E-state index is 6.40. The van der Waals surface area contributed by atoms with E-state index in [0.717, 1.165) is 29.3 Å². The zero-order valence-corrected chi connectivity index (χ0v) is 12.5. The Morgan fingerprint density at radius 2 is 1.95 bits per heavy atom. The Morgan fingerprint density at radius 3 is 2.47 bits per heavy atom. The summed E-state index contributed by atoms with van der Waals surface area (Å²) in [6.07, 6.45) is 1.63. The van der Waals surface area contributed by atoms with Gasteiger partial charge >= 0.3 is 0 Å². The molecule has 1 aromatic carbocycles. The molecule has 0 spiro atoms. The maximum atomic E-state index is 6.40. The van der Waals surface area contributed by atoms with E-state index in [2.05, 4.69) is 29.4 Å². The number of thiazole rings is 1. The van der Waals surface area contributed by atoms with Crippen molar-refractivity contribution in [1.29, 1.82) is 0 Å². The molecule has 0 aliphatic heterocycles. The maximum Gasteiger partial charge on any atom is 0.118 e. The molecule has 2 N–H and O–H groups in total. The number of ether oxygens (including phenoxy) is 1. The Bertz CT molecular complexity index is 531. The molecule has 0 radical (unpaired) electrons. The molecule has 1 unspecified atom stereocenters. The van der Waals surface area contributed by atoms with Crippen molar-refractivity contribution < 1.29 is 4.74 Å². The van der Waals surface area contributed by atoms with Crippen LogP contribution in [-0.2, 0) is 12.8 Å². The van der Waals surface area contributed by atoms with E-state index in [1.165, 1.54) is 5.56 Å². The second-order valence-corrected chi connectivity index (χ2v) is 6.18. The molecule has 1 atom stereocenters. The molecular formula is C15H20N2OS. The Labute approximate surface area is 118 Å². The molecule has 1 aromatic heterocycles. The summed E-state index contributed by atoms with van der Waals surface area (Å²) >= 11 is 1.68. The van der Waals surface area contributed by atoms with Crippen LogP contribution in [0.3, 0.4) is 0 Å². The fourth-order valence-electron chi connectivity index (χ4n) is 2.10. The molecule has 3 nitrogen and oxygen atoms in total. The molecule has 0 amide bonds. The van der Waals surface area contributed by atoms with E-state index in [1.54, 1.807) is 18.4 Å². The lowest BCUT2D eigenvalue weighted by atomic mass is 9.91. The van der Waals surface area contributed by atoms with Gasteiger partial charge in [-0.2, -0.15) is 0 Å². The molecule has 19 heavy (non-hydrogen) atoms. The Hall–Kier alpha value is -1.39. The first-order valence-electron chi connectivity index (χ1n) is 6.31. The molecule has 0 saturated heterocycles. The largest absolute Gasteiger partial charge is 0.497 e. The van der Waals surface area contributed by atoms with E-state index in [1.807, 2.05) is 19.1 Å². The molecule has 0 fully saturated rings. The summed E-state index contributed by atoms with van der Waals surface area (Å²) in [4.78, 5) is 4.48. The molecule has 2 aromatic rings. The van der Waals surface area contributed by atoms with E-state index in [4.69, 9.17) is 10.5 Å². The van der Waals surface area contributed by atoms with Gasteiger partial charge in [-0.1, -0.05) is 12.1 Å². The Balaban J connectivity index is 2.03. The standard InChI is InChI=1S/C15H20N2OS/c1-11-10-19-14(17-11)9-15(2,16)8-12-4-6-13(18-3)7-5-12/h4-7,10H,8-9,16H2,1-3H3. The highest BCUT2D eigenvalue weighted by atomic mass is 32.1. The molecule has 0 bridgehead atoms. The number of hydrogen-bond donors (Lipinski definition) is 1. The van der Waals surface area contributed by atoms with Gasteiger partial charge in [-0.25, -0.2) is 4.98 Å². The van der Waals surface area contributed by atoms with Crippen LogP contribution in [0.1, 0.15) is 23.2 Å². The number of aryl methyl sites for hydroxylation is 1. The van der Waals surface area contributed by atoms with Gasteiger partial charge in [-0.15, -0.1) is 11.3 Å². The first-order chi connectivity index (χ1) is 8.98. The monoisotopic (exact) mass is 276 g/mol. The van der Waals surface area contributed by atoms with Crippen molar-refractivity contribution in [2.75, 3.05) is 7.11 Å². The summed E-state index contributed by atoms with van der Waals surface area (Å²) in [6.45, 7) is 4.09. The lowest BCUT2D eigenvalue weighted by Gasteiger charge is -2.23.